The Morgan fingerprint density at radius 1 is 1.30 bits per heavy atom. The van der Waals surface area contributed by atoms with Crippen LogP contribution in [0.4, 0.5) is 5.13 Å². The first-order valence-corrected chi connectivity index (χ1v) is 11.7. The van der Waals surface area contributed by atoms with E-state index >= 15 is 0 Å². The average Bonchev–Trinajstić information content (AvgIpc) is 3.50. The minimum atomic E-state index is -0.223. The van der Waals surface area contributed by atoms with Crippen LogP contribution in [-0.4, -0.2) is 45.4 Å². The highest BCUT2D eigenvalue weighted by atomic mass is 32.2. The van der Waals surface area contributed by atoms with Crippen molar-refractivity contribution in [1.82, 2.24) is 20.4 Å². The van der Waals surface area contributed by atoms with Gasteiger partial charge in [0.2, 0.25) is 11.0 Å². The number of hydrogen-bond donors (Lipinski definition) is 2. The van der Waals surface area contributed by atoms with Crippen molar-refractivity contribution in [2.75, 3.05) is 18.4 Å². The lowest BCUT2D eigenvalue weighted by atomic mass is 10.2. The molecule has 3 aromatic rings. The summed E-state index contributed by atoms with van der Waals surface area (Å²) in [4.78, 5) is 15.0. The first-order valence-electron chi connectivity index (χ1n) is 9.99. The summed E-state index contributed by atoms with van der Waals surface area (Å²) < 4.78 is 6.07. The van der Waals surface area contributed by atoms with Crippen LogP contribution in [0.5, 0.6) is 0 Å². The van der Waals surface area contributed by atoms with Crippen LogP contribution < -0.4 is 10.6 Å². The molecular formula is C21H25N5O2S2. The molecule has 0 bridgehead atoms. The van der Waals surface area contributed by atoms with E-state index in [1.54, 1.807) is 6.26 Å². The highest BCUT2D eigenvalue weighted by Gasteiger charge is 2.26. The van der Waals surface area contributed by atoms with Crippen LogP contribution in [0, 0.1) is 0 Å². The van der Waals surface area contributed by atoms with E-state index in [9.17, 15) is 4.79 Å². The summed E-state index contributed by atoms with van der Waals surface area (Å²) in [6.45, 7) is 5.29. The van der Waals surface area contributed by atoms with Gasteiger partial charge >= 0.3 is 0 Å². The minimum Gasteiger partial charge on any atom is -0.467 e. The second-order valence-corrected chi connectivity index (χ2v) is 9.85. The topological polar surface area (TPSA) is 83.3 Å². The van der Waals surface area contributed by atoms with Crippen LogP contribution in [0.15, 0.2) is 57.5 Å². The summed E-state index contributed by atoms with van der Waals surface area (Å²) in [5, 5.41) is 15.2. The van der Waals surface area contributed by atoms with Crippen LogP contribution in [0.3, 0.4) is 0 Å². The second kappa shape index (κ2) is 10.1. The number of likely N-dealkylation sites (tertiary alicyclic amines) is 1. The Labute approximate surface area is 184 Å². The zero-order valence-corrected chi connectivity index (χ0v) is 18.4. The Bertz CT molecular complexity index is 932. The zero-order chi connectivity index (χ0) is 20.8. The number of hydrogen-bond acceptors (Lipinski definition) is 8. The first-order chi connectivity index (χ1) is 14.7. The summed E-state index contributed by atoms with van der Waals surface area (Å²) in [7, 11) is 0. The number of amides is 1. The molecule has 1 aliphatic heterocycles. The van der Waals surface area contributed by atoms with Gasteiger partial charge in [0, 0.05) is 25.7 Å². The van der Waals surface area contributed by atoms with E-state index in [1.807, 2.05) is 25.1 Å². The normalized spacial score (nSPS) is 17.7. The number of nitrogens with one attached hydrogen (secondary N) is 2. The molecular weight excluding hydrogens is 418 g/mol. The molecule has 2 aromatic heterocycles. The number of carbonyl (C=O) groups excluding carboxylic acids is 1. The molecule has 1 saturated heterocycles. The molecule has 2 N–H and O–H groups in total. The molecule has 0 radical (unpaired) electrons. The monoisotopic (exact) mass is 443 g/mol. The number of aromatic nitrogens is 2. The summed E-state index contributed by atoms with van der Waals surface area (Å²) in [5.74, 6) is 0.886. The predicted molar refractivity (Wildman–Crippen MR) is 120 cm³/mol. The van der Waals surface area contributed by atoms with E-state index in [1.165, 1.54) is 28.7 Å². The number of thioether (sulfide) groups is 1. The van der Waals surface area contributed by atoms with Crippen LogP contribution >= 0.6 is 23.1 Å². The van der Waals surface area contributed by atoms with Crippen LogP contribution in [0.1, 0.15) is 24.7 Å². The van der Waals surface area contributed by atoms with Gasteiger partial charge in [0.1, 0.15) is 5.76 Å². The van der Waals surface area contributed by atoms with Crippen molar-refractivity contribution in [1.29, 1.82) is 0 Å². The molecule has 3 heterocycles. The van der Waals surface area contributed by atoms with Crippen molar-refractivity contribution in [3.8, 4) is 0 Å². The van der Waals surface area contributed by atoms with Gasteiger partial charge in [-0.15, -0.1) is 10.2 Å². The third-order valence-electron chi connectivity index (χ3n) is 4.91. The Morgan fingerprint density at radius 2 is 2.17 bits per heavy atom. The molecule has 0 spiro atoms. The number of carbonyl (C=O) groups is 1. The Kier molecular flexibility index (Phi) is 7.03. The molecule has 30 heavy (non-hydrogen) atoms. The van der Waals surface area contributed by atoms with E-state index in [2.05, 4.69) is 50.0 Å². The Balaban J connectivity index is 1.20. The maximum Gasteiger partial charge on any atom is 0.233 e. The van der Waals surface area contributed by atoms with E-state index in [4.69, 9.17) is 4.42 Å². The van der Waals surface area contributed by atoms with Crippen molar-refractivity contribution in [2.24, 2.45) is 0 Å². The quantitative estimate of drug-likeness (QED) is 0.489. The molecule has 7 nitrogen and oxygen atoms in total. The molecule has 2 atom stereocenters. The molecule has 0 saturated carbocycles. The minimum absolute atomic E-state index is 0.0480. The van der Waals surface area contributed by atoms with E-state index in [-0.39, 0.29) is 17.2 Å². The number of furan rings is 1. The largest absolute Gasteiger partial charge is 0.467 e. The molecule has 158 valence electrons. The van der Waals surface area contributed by atoms with Gasteiger partial charge in [0.05, 0.1) is 18.1 Å². The highest BCUT2D eigenvalue weighted by Crippen LogP contribution is 2.29. The number of nitrogens with zero attached hydrogens (tertiary/aromatic N) is 3. The smallest absolute Gasteiger partial charge is 0.233 e. The molecule has 4 rings (SSSR count). The number of anilines is 1. The maximum atomic E-state index is 12.6. The summed E-state index contributed by atoms with van der Waals surface area (Å²) in [6.07, 6.45) is 2.62. The van der Waals surface area contributed by atoms with Gasteiger partial charge < -0.3 is 15.1 Å². The lowest BCUT2D eigenvalue weighted by molar-refractivity contribution is -0.120. The lowest BCUT2D eigenvalue weighted by Crippen LogP contribution is -2.40. The van der Waals surface area contributed by atoms with E-state index in [0.717, 1.165) is 36.2 Å². The third-order valence-corrected chi connectivity index (χ3v) is 6.98. The fourth-order valence-electron chi connectivity index (χ4n) is 3.36. The van der Waals surface area contributed by atoms with Gasteiger partial charge in [-0.05, 0) is 31.0 Å². The second-order valence-electron chi connectivity index (χ2n) is 7.28. The average molecular weight is 444 g/mol. The Hall–Kier alpha value is -2.36. The fraction of sp³-hybridized carbons (Fsp3) is 0.381. The Morgan fingerprint density at radius 3 is 2.97 bits per heavy atom. The summed E-state index contributed by atoms with van der Waals surface area (Å²) in [5.41, 5.74) is 1.31. The highest BCUT2D eigenvalue weighted by molar-refractivity contribution is 8.02. The first kappa shape index (κ1) is 20.9. The number of rotatable bonds is 9. The molecule has 1 aliphatic rings. The van der Waals surface area contributed by atoms with Gasteiger partial charge in [-0.2, -0.15) is 0 Å². The van der Waals surface area contributed by atoms with Crippen molar-refractivity contribution >= 4 is 34.1 Å². The maximum absolute atomic E-state index is 12.6. The molecule has 9 heteroatoms. The van der Waals surface area contributed by atoms with Gasteiger partial charge in [-0.3, -0.25) is 9.69 Å². The van der Waals surface area contributed by atoms with Gasteiger partial charge in [-0.25, -0.2) is 0 Å². The van der Waals surface area contributed by atoms with Gasteiger partial charge in [0.25, 0.3) is 0 Å². The van der Waals surface area contributed by atoms with Crippen LogP contribution in [-0.2, 0) is 17.9 Å². The SMILES string of the molecule is CC(Sc1nnc(NCc2ccco2)s1)C(=O)NC1CCN(Cc2ccccc2)C1. The summed E-state index contributed by atoms with van der Waals surface area (Å²) in [6, 6.07) is 14.4. The molecule has 0 aliphatic carbocycles. The summed E-state index contributed by atoms with van der Waals surface area (Å²) >= 11 is 2.88. The van der Waals surface area contributed by atoms with Crippen molar-refractivity contribution in [3.63, 3.8) is 0 Å². The van der Waals surface area contributed by atoms with Gasteiger partial charge in [-0.1, -0.05) is 53.4 Å². The van der Waals surface area contributed by atoms with Crippen molar-refractivity contribution in [2.45, 2.75) is 42.1 Å². The standard InChI is InChI=1S/C21H25N5O2S2/c1-15(29-21-25-24-20(30-21)22-12-18-8-5-11-28-18)19(27)23-17-9-10-26(14-17)13-16-6-3-2-4-7-16/h2-8,11,15,17H,9-10,12-14H2,1H3,(H,22,24)(H,23,27). The van der Waals surface area contributed by atoms with Crippen molar-refractivity contribution in [3.05, 3.63) is 60.1 Å². The van der Waals surface area contributed by atoms with E-state index in [0.29, 0.717) is 11.7 Å². The third kappa shape index (κ3) is 5.84. The molecule has 2 unspecified atom stereocenters. The molecule has 1 aromatic carbocycles. The fourth-order valence-corrected chi connectivity index (χ4v) is 5.26. The van der Waals surface area contributed by atoms with Crippen LogP contribution in [0.25, 0.3) is 0 Å². The van der Waals surface area contributed by atoms with Crippen LogP contribution in [0.2, 0.25) is 0 Å². The number of benzene rings is 1. The zero-order valence-electron chi connectivity index (χ0n) is 16.8. The van der Waals surface area contributed by atoms with Gasteiger partial charge in [0.15, 0.2) is 4.34 Å². The van der Waals surface area contributed by atoms with Crippen molar-refractivity contribution < 1.29 is 9.21 Å². The molecule has 1 fully saturated rings. The van der Waals surface area contributed by atoms with E-state index < -0.39 is 0 Å². The predicted octanol–water partition coefficient (Wildman–Crippen LogP) is 3.61. The lowest BCUT2D eigenvalue weighted by Gasteiger charge is -2.18. The molecule has 1 amide bonds.